The molecule has 1 amide bonds. The highest BCUT2D eigenvalue weighted by Crippen LogP contribution is 2.53. The monoisotopic (exact) mass is 430 g/mol. The molecule has 0 saturated heterocycles. The number of nitrogens with zero attached hydrogens (tertiary/aromatic N) is 3. The molecule has 1 aromatic heterocycles. The molecule has 1 atom stereocenters. The maximum Gasteiger partial charge on any atom is 0.270 e. The van der Waals surface area contributed by atoms with Crippen molar-refractivity contribution in [3.8, 4) is 0 Å². The maximum absolute atomic E-state index is 13.9. The van der Waals surface area contributed by atoms with Crippen molar-refractivity contribution in [2.24, 2.45) is 5.92 Å². The summed E-state index contributed by atoms with van der Waals surface area (Å²) in [5, 5.41) is 11.4. The number of anilines is 1. The van der Waals surface area contributed by atoms with Gasteiger partial charge in [-0.05, 0) is 37.8 Å². The Bertz CT molecular complexity index is 934. The molecule has 31 heavy (non-hydrogen) atoms. The Kier molecular flexibility index (Phi) is 6.39. The summed E-state index contributed by atoms with van der Waals surface area (Å²) in [6.45, 7) is 3.96. The van der Waals surface area contributed by atoms with Crippen molar-refractivity contribution >= 4 is 11.6 Å². The van der Waals surface area contributed by atoms with Gasteiger partial charge in [-0.1, -0.05) is 49.8 Å². The van der Waals surface area contributed by atoms with Crippen LogP contribution in [-0.2, 0) is 17.6 Å². The van der Waals surface area contributed by atoms with Gasteiger partial charge in [-0.2, -0.15) is 0 Å². The van der Waals surface area contributed by atoms with Crippen molar-refractivity contribution in [2.75, 3.05) is 5.32 Å². The molecule has 1 heterocycles. The van der Waals surface area contributed by atoms with E-state index in [1.807, 2.05) is 32.0 Å². The average Bonchev–Trinajstić information content (AvgIpc) is 3.18. The summed E-state index contributed by atoms with van der Waals surface area (Å²) in [5.74, 6) is -1.04. The summed E-state index contributed by atoms with van der Waals surface area (Å²) in [7, 11) is 0. The average molecular weight is 431 g/mol. The van der Waals surface area contributed by atoms with E-state index < -0.39 is 12.0 Å². The standard InChI is InChI=1S/C24H32F2N4O/c1-16-8-10-19(17(2)14-16)27-23(31)13-12-22-29-28-21(30(22)20-15-24(20,25)26)11-9-18-6-4-3-5-7-18/h8,10,14,18,20H,3-7,9,11-13,15H2,1-2H3,(H,27,31). The summed E-state index contributed by atoms with van der Waals surface area (Å²) in [5.41, 5.74) is 2.91. The van der Waals surface area contributed by atoms with Crippen LogP contribution in [0.4, 0.5) is 14.5 Å². The van der Waals surface area contributed by atoms with E-state index >= 15 is 0 Å². The Balaban J connectivity index is 1.40. The van der Waals surface area contributed by atoms with Gasteiger partial charge in [-0.25, -0.2) is 8.78 Å². The van der Waals surface area contributed by atoms with Crippen LogP contribution in [0.25, 0.3) is 0 Å². The summed E-state index contributed by atoms with van der Waals surface area (Å²) < 4.78 is 29.5. The van der Waals surface area contributed by atoms with Gasteiger partial charge in [0, 0.05) is 31.4 Å². The zero-order valence-corrected chi connectivity index (χ0v) is 18.5. The number of rotatable bonds is 8. The Labute approximate surface area is 182 Å². The lowest BCUT2D eigenvalue weighted by Crippen LogP contribution is -2.16. The highest BCUT2D eigenvalue weighted by Gasteiger charge is 2.59. The van der Waals surface area contributed by atoms with Gasteiger partial charge < -0.3 is 9.88 Å². The van der Waals surface area contributed by atoms with Gasteiger partial charge in [-0.15, -0.1) is 10.2 Å². The van der Waals surface area contributed by atoms with E-state index in [1.165, 1.54) is 32.1 Å². The molecule has 1 unspecified atom stereocenters. The number of carbonyl (C=O) groups is 1. The Morgan fingerprint density at radius 3 is 2.45 bits per heavy atom. The van der Waals surface area contributed by atoms with E-state index in [9.17, 15) is 13.6 Å². The number of benzene rings is 1. The number of hydrogen-bond acceptors (Lipinski definition) is 3. The molecular formula is C24H32F2N4O. The number of aryl methyl sites for hydroxylation is 4. The molecule has 1 N–H and O–H groups in total. The topological polar surface area (TPSA) is 59.8 Å². The van der Waals surface area contributed by atoms with Crippen LogP contribution in [0.3, 0.4) is 0 Å². The summed E-state index contributed by atoms with van der Waals surface area (Å²) in [6, 6.07) is 4.99. The molecule has 2 aliphatic rings. The lowest BCUT2D eigenvalue weighted by Gasteiger charge is -2.21. The van der Waals surface area contributed by atoms with E-state index in [4.69, 9.17) is 0 Å². The van der Waals surface area contributed by atoms with E-state index in [0.717, 1.165) is 23.2 Å². The van der Waals surface area contributed by atoms with E-state index in [0.29, 0.717) is 30.4 Å². The van der Waals surface area contributed by atoms with Gasteiger partial charge in [0.05, 0.1) is 0 Å². The first-order valence-electron chi connectivity index (χ1n) is 11.5. The minimum atomic E-state index is -2.70. The van der Waals surface area contributed by atoms with Gasteiger partial charge in [0.2, 0.25) is 5.91 Å². The maximum atomic E-state index is 13.9. The Hall–Kier alpha value is -2.31. The van der Waals surface area contributed by atoms with Crippen molar-refractivity contribution in [1.29, 1.82) is 0 Å². The molecule has 0 radical (unpaired) electrons. The fraction of sp³-hybridized carbons (Fsp3) is 0.625. The van der Waals surface area contributed by atoms with Crippen LogP contribution in [0.2, 0.25) is 0 Å². The summed E-state index contributed by atoms with van der Waals surface area (Å²) in [4.78, 5) is 12.5. The second-order valence-electron chi connectivity index (χ2n) is 9.29. The Morgan fingerprint density at radius 1 is 1.13 bits per heavy atom. The molecule has 5 nitrogen and oxygen atoms in total. The normalized spacial score (nSPS) is 20.6. The van der Waals surface area contributed by atoms with Crippen molar-refractivity contribution in [2.45, 2.75) is 90.0 Å². The molecule has 2 aliphatic carbocycles. The van der Waals surface area contributed by atoms with Crippen LogP contribution < -0.4 is 5.32 Å². The minimum Gasteiger partial charge on any atom is -0.326 e. The van der Waals surface area contributed by atoms with Gasteiger partial charge in [0.1, 0.15) is 17.7 Å². The molecule has 0 spiro atoms. The number of carbonyl (C=O) groups excluding carboxylic acids is 1. The first-order valence-corrected chi connectivity index (χ1v) is 11.5. The number of aromatic nitrogens is 3. The van der Waals surface area contributed by atoms with E-state index in [1.54, 1.807) is 4.57 Å². The van der Waals surface area contributed by atoms with Gasteiger partial charge in [0.25, 0.3) is 5.92 Å². The van der Waals surface area contributed by atoms with Crippen LogP contribution in [0.5, 0.6) is 0 Å². The number of nitrogens with one attached hydrogen (secondary N) is 1. The van der Waals surface area contributed by atoms with Crippen LogP contribution in [0, 0.1) is 19.8 Å². The van der Waals surface area contributed by atoms with E-state index in [2.05, 4.69) is 15.5 Å². The zero-order chi connectivity index (χ0) is 22.0. The second kappa shape index (κ2) is 9.05. The lowest BCUT2D eigenvalue weighted by molar-refractivity contribution is -0.116. The van der Waals surface area contributed by atoms with Crippen LogP contribution in [0.15, 0.2) is 18.2 Å². The first-order chi connectivity index (χ1) is 14.8. The summed E-state index contributed by atoms with van der Waals surface area (Å²) in [6.07, 6.45) is 8.25. The van der Waals surface area contributed by atoms with Gasteiger partial charge >= 0.3 is 0 Å². The fourth-order valence-corrected chi connectivity index (χ4v) is 4.74. The number of alkyl halides is 2. The van der Waals surface area contributed by atoms with Gasteiger partial charge in [0.15, 0.2) is 0 Å². The fourth-order valence-electron chi connectivity index (χ4n) is 4.74. The van der Waals surface area contributed by atoms with Crippen molar-refractivity contribution in [3.05, 3.63) is 41.0 Å². The van der Waals surface area contributed by atoms with Crippen LogP contribution in [-0.4, -0.2) is 26.6 Å². The quantitative estimate of drug-likeness (QED) is 0.596. The molecular weight excluding hydrogens is 398 g/mol. The first kappa shape index (κ1) is 21.9. The van der Waals surface area contributed by atoms with Crippen molar-refractivity contribution in [3.63, 3.8) is 0 Å². The molecule has 0 bridgehead atoms. The molecule has 168 valence electrons. The zero-order valence-electron chi connectivity index (χ0n) is 18.5. The van der Waals surface area contributed by atoms with Crippen LogP contribution in [0.1, 0.15) is 80.2 Å². The smallest absolute Gasteiger partial charge is 0.270 e. The SMILES string of the molecule is Cc1ccc(NC(=O)CCc2nnc(CCC3CCCCC3)n2C2CC2(F)F)c(C)c1. The predicted molar refractivity (Wildman–Crippen MR) is 116 cm³/mol. The van der Waals surface area contributed by atoms with E-state index in [-0.39, 0.29) is 18.7 Å². The lowest BCUT2D eigenvalue weighted by atomic mass is 9.86. The highest BCUT2D eigenvalue weighted by molar-refractivity contribution is 5.91. The van der Waals surface area contributed by atoms with Crippen molar-refractivity contribution < 1.29 is 13.6 Å². The van der Waals surface area contributed by atoms with Crippen LogP contribution >= 0.6 is 0 Å². The molecule has 4 rings (SSSR count). The largest absolute Gasteiger partial charge is 0.326 e. The number of hydrogen-bond donors (Lipinski definition) is 1. The predicted octanol–water partition coefficient (Wildman–Crippen LogP) is 5.56. The minimum absolute atomic E-state index is 0.146. The summed E-state index contributed by atoms with van der Waals surface area (Å²) >= 11 is 0. The number of halogens is 2. The van der Waals surface area contributed by atoms with Crippen molar-refractivity contribution in [1.82, 2.24) is 14.8 Å². The highest BCUT2D eigenvalue weighted by atomic mass is 19.3. The molecule has 0 aliphatic heterocycles. The third-order valence-corrected chi connectivity index (χ3v) is 6.67. The molecule has 2 saturated carbocycles. The molecule has 2 fully saturated rings. The number of amides is 1. The second-order valence-corrected chi connectivity index (χ2v) is 9.29. The molecule has 7 heteroatoms. The van der Waals surface area contributed by atoms with Gasteiger partial charge in [-0.3, -0.25) is 4.79 Å². The third-order valence-electron chi connectivity index (χ3n) is 6.67. The third kappa shape index (κ3) is 5.31. The Morgan fingerprint density at radius 2 is 1.81 bits per heavy atom. The molecule has 1 aromatic carbocycles. The molecule has 2 aromatic rings.